The van der Waals surface area contributed by atoms with Gasteiger partial charge in [0.05, 0.1) is 0 Å². The van der Waals surface area contributed by atoms with E-state index in [0.717, 1.165) is 16.7 Å². The second-order valence-electron chi connectivity index (χ2n) is 5.88. The minimum Gasteiger partial charge on any atom is -0.385 e. The summed E-state index contributed by atoms with van der Waals surface area (Å²) in [6.07, 6.45) is -0.849. The first kappa shape index (κ1) is 14.2. The third kappa shape index (κ3) is 2.37. The van der Waals surface area contributed by atoms with Crippen molar-refractivity contribution in [3.8, 4) is 0 Å². The van der Waals surface area contributed by atoms with Crippen LogP contribution in [0.15, 0.2) is 91.0 Å². The Balaban J connectivity index is 1.78. The molecule has 0 spiro atoms. The summed E-state index contributed by atoms with van der Waals surface area (Å²) in [4.78, 5) is 0. The van der Waals surface area contributed by atoms with Gasteiger partial charge in [0.15, 0.2) is 5.60 Å². The SMILES string of the molecule is OC(c1ccccc1)[C@@]1(c2ccccc2)O[C@@H]1c1ccccc1. The average molecular weight is 302 g/mol. The minimum absolute atomic E-state index is 0.138. The van der Waals surface area contributed by atoms with Crippen LogP contribution in [0.1, 0.15) is 28.9 Å². The Morgan fingerprint density at radius 2 is 1.26 bits per heavy atom. The summed E-state index contributed by atoms with van der Waals surface area (Å²) in [5, 5.41) is 11.1. The Morgan fingerprint density at radius 3 is 1.87 bits per heavy atom. The zero-order chi connectivity index (χ0) is 15.7. The molecular weight excluding hydrogens is 284 g/mol. The lowest BCUT2D eigenvalue weighted by Gasteiger charge is -2.21. The Kier molecular flexibility index (Phi) is 3.49. The number of ether oxygens (including phenoxy) is 1. The van der Waals surface area contributed by atoms with E-state index >= 15 is 0 Å². The zero-order valence-corrected chi connectivity index (χ0v) is 12.7. The van der Waals surface area contributed by atoms with Crippen molar-refractivity contribution in [3.05, 3.63) is 108 Å². The molecule has 3 aromatic rings. The summed E-state index contributed by atoms with van der Waals surface area (Å²) in [7, 11) is 0. The smallest absolute Gasteiger partial charge is 0.154 e. The molecule has 0 saturated carbocycles. The van der Waals surface area contributed by atoms with Crippen LogP contribution in [0.3, 0.4) is 0 Å². The van der Waals surface area contributed by atoms with Gasteiger partial charge in [0, 0.05) is 0 Å². The maximum atomic E-state index is 11.1. The lowest BCUT2D eigenvalue weighted by atomic mass is 9.84. The predicted molar refractivity (Wildman–Crippen MR) is 89.8 cm³/mol. The van der Waals surface area contributed by atoms with E-state index in [4.69, 9.17) is 4.74 Å². The number of hydrogen-bond donors (Lipinski definition) is 1. The molecule has 1 aliphatic heterocycles. The van der Waals surface area contributed by atoms with Crippen LogP contribution in [0.2, 0.25) is 0 Å². The fourth-order valence-corrected chi connectivity index (χ4v) is 3.27. The normalized spacial score (nSPS) is 24.1. The van der Waals surface area contributed by atoms with Crippen molar-refractivity contribution in [2.45, 2.75) is 17.8 Å². The van der Waals surface area contributed by atoms with Crippen LogP contribution in [-0.2, 0) is 10.3 Å². The van der Waals surface area contributed by atoms with Gasteiger partial charge in [-0.2, -0.15) is 0 Å². The second kappa shape index (κ2) is 5.65. The zero-order valence-electron chi connectivity index (χ0n) is 12.7. The molecule has 0 aliphatic carbocycles. The maximum Gasteiger partial charge on any atom is 0.154 e. The third-order valence-corrected chi connectivity index (χ3v) is 4.49. The van der Waals surface area contributed by atoms with Crippen LogP contribution in [-0.4, -0.2) is 5.11 Å². The Labute approximate surface area is 136 Å². The Morgan fingerprint density at radius 1 is 0.739 bits per heavy atom. The largest absolute Gasteiger partial charge is 0.385 e. The molecule has 23 heavy (non-hydrogen) atoms. The van der Waals surface area contributed by atoms with Gasteiger partial charge in [-0.25, -0.2) is 0 Å². The second-order valence-corrected chi connectivity index (χ2v) is 5.88. The van der Waals surface area contributed by atoms with Crippen LogP contribution in [0.4, 0.5) is 0 Å². The molecule has 3 aromatic carbocycles. The fraction of sp³-hybridized carbons (Fsp3) is 0.143. The highest BCUT2D eigenvalue weighted by molar-refractivity contribution is 5.40. The van der Waals surface area contributed by atoms with Crippen LogP contribution in [0.25, 0.3) is 0 Å². The van der Waals surface area contributed by atoms with Gasteiger partial charge in [0.2, 0.25) is 0 Å². The summed E-state index contributed by atoms with van der Waals surface area (Å²) in [5.41, 5.74) is 2.25. The number of aliphatic hydroxyl groups is 1. The van der Waals surface area contributed by atoms with Gasteiger partial charge in [0.25, 0.3) is 0 Å². The molecular formula is C21H18O2. The average Bonchev–Trinajstić information content (AvgIpc) is 3.40. The van der Waals surface area contributed by atoms with E-state index < -0.39 is 11.7 Å². The van der Waals surface area contributed by atoms with Crippen molar-refractivity contribution >= 4 is 0 Å². The van der Waals surface area contributed by atoms with Crippen LogP contribution >= 0.6 is 0 Å². The van der Waals surface area contributed by atoms with Gasteiger partial charge in [-0.15, -0.1) is 0 Å². The monoisotopic (exact) mass is 302 g/mol. The molecule has 0 radical (unpaired) electrons. The first-order chi connectivity index (χ1) is 11.3. The molecule has 2 nitrogen and oxygen atoms in total. The van der Waals surface area contributed by atoms with Crippen molar-refractivity contribution in [1.29, 1.82) is 0 Å². The summed E-state index contributed by atoms with van der Waals surface area (Å²) >= 11 is 0. The molecule has 1 saturated heterocycles. The molecule has 1 N–H and O–H groups in total. The van der Waals surface area contributed by atoms with Crippen molar-refractivity contribution in [1.82, 2.24) is 0 Å². The predicted octanol–water partition coefficient (Wildman–Crippen LogP) is 4.39. The number of hydrogen-bond acceptors (Lipinski definition) is 2. The first-order valence-electron chi connectivity index (χ1n) is 7.83. The third-order valence-electron chi connectivity index (χ3n) is 4.49. The summed E-state index contributed by atoms with van der Waals surface area (Å²) < 4.78 is 6.14. The van der Waals surface area contributed by atoms with E-state index in [0.29, 0.717) is 0 Å². The van der Waals surface area contributed by atoms with Crippen LogP contribution < -0.4 is 0 Å². The quantitative estimate of drug-likeness (QED) is 0.725. The van der Waals surface area contributed by atoms with E-state index in [-0.39, 0.29) is 6.10 Å². The highest BCUT2D eigenvalue weighted by atomic mass is 16.6. The standard InChI is InChI=1S/C21H18O2/c22-19(16-10-4-1-5-11-16)21(18-14-8-3-9-15-18)20(23-21)17-12-6-2-7-13-17/h1-15,19-20,22H/t19?,20-,21-/m1/s1. The highest BCUT2D eigenvalue weighted by Crippen LogP contribution is 2.63. The van der Waals surface area contributed by atoms with Crippen LogP contribution in [0, 0.1) is 0 Å². The van der Waals surface area contributed by atoms with E-state index in [9.17, 15) is 5.11 Å². The van der Waals surface area contributed by atoms with E-state index in [1.807, 2.05) is 91.0 Å². The number of aliphatic hydroxyl groups excluding tert-OH is 1. The van der Waals surface area contributed by atoms with Gasteiger partial charge in [-0.3, -0.25) is 0 Å². The fourth-order valence-electron chi connectivity index (χ4n) is 3.27. The van der Waals surface area contributed by atoms with Crippen molar-refractivity contribution < 1.29 is 9.84 Å². The molecule has 4 rings (SSSR count). The van der Waals surface area contributed by atoms with Gasteiger partial charge in [-0.05, 0) is 16.7 Å². The minimum atomic E-state index is -0.718. The number of benzene rings is 3. The van der Waals surface area contributed by atoms with Gasteiger partial charge in [-0.1, -0.05) is 91.0 Å². The molecule has 114 valence electrons. The molecule has 1 heterocycles. The Hall–Kier alpha value is -2.42. The molecule has 3 atom stereocenters. The van der Waals surface area contributed by atoms with Crippen LogP contribution in [0.5, 0.6) is 0 Å². The topological polar surface area (TPSA) is 32.8 Å². The number of epoxide rings is 1. The van der Waals surface area contributed by atoms with Crippen molar-refractivity contribution in [2.24, 2.45) is 0 Å². The van der Waals surface area contributed by atoms with Gasteiger partial charge < -0.3 is 9.84 Å². The lowest BCUT2D eigenvalue weighted by molar-refractivity contribution is 0.0730. The highest BCUT2D eigenvalue weighted by Gasteiger charge is 2.63. The van der Waals surface area contributed by atoms with Gasteiger partial charge >= 0.3 is 0 Å². The summed E-state index contributed by atoms with van der Waals surface area (Å²) in [6.45, 7) is 0. The molecule has 0 amide bonds. The summed E-state index contributed by atoms with van der Waals surface area (Å²) in [6, 6.07) is 29.8. The molecule has 1 unspecified atom stereocenters. The molecule has 1 fully saturated rings. The van der Waals surface area contributed by atoms with E-state index in [1.54, 1.807) is 0 Å². The van der Waals surface area contributed by atoms with Crippen molar-refractivity contribution in [2.75, 3.05) is 0 Å². The first-order valence-corrected chi connectivity index (χ1v) is 7.83. The molecule has 0 aromatic heterocycles. The van der Waals surface area contributed by atoms with E-state index in [1.165, 1.54) is 0 Å². The Bertz CT molecular complexity index is 771. The lowest BCUT2D eigenvalue weighted by Crippen LogP contribution is -2.21. The molecule has 2 heteroatoms. The number of rotatable bonds is 4. The molecule has 0 bridgehead atoms. The van der Waals surface area contributed by atoms with E-state index in [2.05, 4.69) is 0 Å². The maximum absolute atomic E-state index is 11.1. The molecule has 1 aliphatic rings. The van der Waals surface area contributed by atoms with Crippen molar-refractivity contribution in [3.63, 3.8) is 0 Å². The summed E-state index contributed by atoms with van der Waals surface area (Å²) in [5.74, 6) is 0. The van der Waals surface area contributed by atoms with Gasteiger partial charge in [0.1, 0.15) is 12.2 Å².